The maximum Gasteiger partial charge on any atom is 0.339 e. The lowest BCUT2D eigenvalue weighted by molar-refractivity contribution is 0.0524. The van der Waals surface area contributed by atoms with Crippen LogP contribution in [0.2, 0.25) is 0 Å². The standard InChI is InChI=1S/C17H16BrNO2/c1-2-21-17(20)14-8-9-15(19-16(14)11-6-7-11)12-4-3-5-13(18)10-12/h3-5,8-11H,2,6-7H2,1H3. The van der Waals surface area contributed by atoms with Gasteiger partial charge in [0.15, 0.2) is 0 Å². The molecule has 1 aliphatic carbocycles. The van der Waals surface area contributed by atoms with Crippen molar-refractivity contribution in [2.75, 3.05) is 6.61 Å². The van der Waals surface area contributed by atoms with E-state index in [9.17, 15) is 4.79 Å². The Morgan fingerprint density at radius 3 is 2.81 bits per heavy atom. The van der Waals surface area contributed by atoms with Gasteiger partial charge in [-0.2, -0.15) is 0 Å². The van der Waals surface area contributed by atoms with Gasteiger partial charge in [-0.05, 0) is 44.0 Å². The maximum atomic E-state index is 12.0. The van der Waals surface area contributed by atoms with E-state index >= 15 is 0 Å². The fourth-order valence-electron chi connectivity index (χ4n) is 2.33. The van der Waals surface area contributed by atoms with Crippen LogP contribution in [0.5, 0.6) is 0 Å². The quantitative estimate of drug-likeness (QED) is 0.762. The monoisotopic (exact) mass is 345 g/mol. The Morgan fingerprint density at radius 2 is 2.14 bits per heavy atom. The number of halogens is 1. The molecule has 2 aromatic rings. The van der Waals surface area contributed by atoms with Crippen molar-refractivity contribution in [2.45, 2.75) is 25.7 Å². The van der Waals surface area contributed by atoms with Crippen molar-refractivity contribution >= 4 is 21.9 Å². The van der Waals surface area contributed by atoms with Crippen molar-refractivity contribution in [3.8, 4) is 11.3 Å². The van der Waals surface area contributed by atoms with Gasteiger partial charge in [-0.1, -0.05) is 28.1 Å². The average molecular weight is 346 g/mol. The minimum Gasteiger partial charge on any atom is -0.462 e. The number of nitrogens with zero attached hydrogens (tertiary/aromatic N) is 1. The third-order valence-electron chi connectivity index (χ3n) is 3.50. The van der Waals surface area contributed by atoms with Crippen LogP contribution >= 0.6 is 15.9 Å². The second-order valence-corrected chi connectivity index (χ2v) is 6.05. The van der Waals surface area contributed by atoms with Crippen LogP contribution < -0.4 is 0 Å². The van der Waals surface area contributed by atoms with Gasteiger partial charge in [-0.3, -0.25) is 4.98 Å². The van der Waals surface area contributed by atoms with E-state index in [1.165, 1.54) is 0 Å². The lowest BCUT2D eigenvalue weighted by atomic mass is 10.1. The number of aromatic nitrogens is 1. The molecule has 0 radical (unpaired) electrons. The first-order valence-corrected chi connectivity index (χ1v) is 7.92. The number of pyridine rings is 1. The third-order valence-corrected chi connectivity index (χ3v) is 4.00. The molecule has 0 atom stereocenters. The molecule has 0 aliphatic heterocycles. The van der Waals surface area contributed by atoms with Gasteiger partial charge in [0.2, 0.25) is 0 Å². The number of hydrogen-bond donors (Lipinski definition) is 0. The van der Waals surface area contributed by atoms with E-state index in [4.69, 9.17) is 9.72 Å². The van der Waals surface area contributed by atoms with Crippen molar-refractivity contribution in [2.24, 2.45) is 0 Å². The first-order chi connectivity index (χ1) is 10.2. The van der Waals surface area contributed by atoms with E-state index in [0.717, 1.165) is 34.3 Å². The summed E-state index contributed by atoms with van der Waals surface area (Å²) in [6.45, 7) is 2.20. The SMILES string of the molecule is CCOC(=O)c1ccc(-c2cccc(Br)c2)nc1C1CC1. The number of carbonyl (C=O) groups is 1. The minimum atomic E-state index is -0.271. The highest BCUT2D eigenvalue weighted by molar-refractivity contribution is 9.10. The fraction of sp³-hybridized carbons (Fsp3) is 0.294. The number of carbonyl (C=O) groups excluding carboxylic acids is 1. The molecule has 1 fully saturated rings. The van der Waals surface area contributed by atoms with E-state index in [1.54, 1.807) is 0 Å². The molecule has 0 N–H and O–H groups in total. The van der Waals surface area contributed by atoms with Crippen LogP contribution in [0.25, 0.3) is 11.3 Å². The molecule has 0 unspecified atom stereocenters. The van der Waals surface area contributed by atoms with Crippen molar-refractivity contribution in [3.63, 3.8) is 0 Å². The molecule has 0 amide bonds. The molecule has 1 saturated carbocycles. The van der Waals surface area contributed by atoms with Gasteiger partial charge in [0.1, 0.15) is 0 Å². The zero-order valence-electron chi connectivity index (χ0n) is 11.8. The minimum absolute atomic E-state index is 0.271. The first kappa shape index (κ1) is 14.3. The Balaban J connectivity index is 2.01. The van der Waals surface area contributed by atoms with Crippen LogP contribution in [-0.4, -0.2) is 17.6 Å². The summed E-state index contributed by atoms with van der Waals surface area (Å²) < 4.78 is 6.14. The van der Waals surface area contributed by atoms with Crippen molar-refractivity contribution in [3.05, 3.63) is 52.1 Å². The van der Waals surface area contributed by atoms with Crippen LogP contribution in [0.4, 0.5) is 0 Å². The molecule has 3 nitrogen and oxygen atoms in total. The summed E-state index contributed by atoms with van der Waals surface area (Å²) >= 11 is 3.48. The molecule has 1 aromatic carbocycles. The molecular formula is C17H16BrNO2. The molecule has 4 heteroatoms. The summed E-state index contributed by atoms with van der Waals surface area (Å²) in [6.07, 6.45) is 2.20. The summed E-state index contributed by atoms with van der Waals surface area (Å²) in [5.74, 6) is 0.129. The summed E-state index contributed by atoms with van der Waals surface area (Å²) in [4.78, 5) is 16.8. The van der Waals surface area contributed by atoms with Crippen molar-refractivity contribution in [1.29, 1.82) is 0 Å². The Kier molecular flexibility index (Phi) is 4.06. The molecule has 0 spiro atoms. The molecule has 1 heterocycles. The Hall–Kier alpha value is -1.68. The topological polar surface area (TPSA) is 39.2 Å². The molecule has 0 bridgehead atoms. The van der Waals surface area contributed by atoms with Gasteiger partial charge in [0.05, 0.1) is 23.6 Å². The van der Waals surface area contributed by atoms with Crippen molar-refractivity contribution < 1.29 is 9.53 Å². The van der Waals surface area contributed by atoms with Gasteiger partial charge in [-0.25, -0.2) is 4.79 Å². The summed E-state index contributed by atoms with van der Waals surface area (Å²) in [7, 11) is 0. The Morgan fingerprint density at radius 1 is 1.33 bits per heavy atom. The van der Waals surface area contributed by atoms with Crippen LogP contribution in [0.15, 0.2) is 40.9 Å². The van der Waals surface area contributed by atoms with Gasteiger partial charge >= 0.3 is 5.97 Å². The number of benzene rings is 1. The predicted octanol–water partition coefficient (Wildman–Crippen LogP) is 4.57. The highest BCUT2D eigenvalue weighted by atomic mass is 79.9. The van der Waals surface area contributed by atoms with Gasteiger partial charge in [0.25, 0.3) is 0 Å². The molecule has 21 heavy (non-hydrogen) atoms. The summed E-state index contributed by atoms with van der Waals surface area (Å²) in [5.41, 5.74) is 3.43. The van der Waals surface area contributed by atoms with E-state index in [1.807, 2.05) is 43.3 Å². The first-order valence-electron chi connectivity index (χ1n) is 7.13. The molecule has 108 valence electrons. The smallest absolute Gasteiger partial charge is 0.339 e. The largest absolute Gasteiger partial charge is 0.462 e. The number of rotatable bonds is 4. The van der Waals surface area contributed by atoms with E-state index in [0.29, 0.717) is 18.1 Å². The fourth-order valence-corrected chi connectivity index (χ4v) is 2.73. The van der Waals surface area contributed by atoms with Crippen LogP contribution in [-0.2, 0) is 4.74 Å². The van der Waals surface area contributed by atoms with Crippen molar-refractivity contribution in [1.82, 2.24) is 4.98 Å². The summed E-state index contributed by atoms with van der Waals surface area (Å²) in [5, 5.41) is 0. The lowest BCUT2D eigenvalue weighted by Gasteiger charge is -2.10. The molecule has 1 aromatic heterocycles. The second kappa shape index (κ2) is 5.98. The third kappa shape index (κ3) is 3.16. The number of esters is 1. The van der Waals surface area contributed by atoms with Gasteiger partial charge in [0, 0.05) is 16.0 Å². The molecule has 1 aliphatic rings. The number of ether oxygens (including phenoxy) is 1. The second-order valence-electron chi connectivity index (χ2n) is 5.13. The van der Waals surface area contributed by atoms with Gasteiger partial charge in [-0.15, -0.1) is 0 Å². The van der Waals surface area contributed by atoms with Crippen LogP contribution in [0.1, 0.15) is 41.7 Å². The van der Waals surface area contributed by atoms with Gasteiger partial charge < -0.3 is 4.74 Å². The number of hydrogen-bond acceptors (Lipinski definition) is 3. The molecule has 0 saturated heterocycles. The average Bonchev–Trinajstić information content (AvgIpc) is 3.31. The highest BCUT2D eigenvalue weighted by Crippen LogP contribution is 2.41. The highest BCUT2D eigenvalue weighted by Gasteiger charge is 2.30. The maximum absolute atomic E-state index is 12.0. The van der Waals surface area contributed by atoms with E-state index in [-0.39, 0.29) is 5.97 Å². The summed E-state index contributed by atoms with van der Waals surface area (Å²) in [6, 6.07) is 11.8. The Labute approximate surface area is 132 Å². The van der Waals surface area contributed by atoms with Crippen LogP contribution in [0.3, 0.4) is 0 Å². The zero-order chi connectivity index (χ0) is 14.8. The van der Waals surface area contributed by atoms with E-state index < -0.39 is 0 Å². The van der Waals surface area contributed by atoms with Crippen LogP contribution in [0, 0.1) is 0 Å². The predicted molar refractivity (Wildman–Crippen MR) is 85.3 cm³/mol. The Bertz CT molecular complexity index is 680. The lowest BCUT2D eigenvalue weighted by Crippen LogP contribution is -2.09. The zero-order valence-corrected chi connectivity index (χ0v) is 13.4. The normalized spacial score (nSPS) is 14.0. The van der Waals surface area contributed by atoms with E-state index in [2.05, 4.69) is 15.9 Å². The molecular weight excluding hydrogens is 330 g/mol. The molecule has 3 rings (SSSR count).